The zero-order valence-corrected chi connectivity index (χ0v) is 21.0. The number of halogens is 1. The Hall–Kier alpha value is -2.78. The number of carbonyl (C=O) groups is 3. The molecule has 0 bridgehead atoms. The molecule has 1 saturated heterocycles. The molecule has 9 nitrogen and oxygen atoms in total. The number of ether oxygens (including phenoxy) is 1. The maximum Gasteiger partial charge on any atom is 0.338 e. The van der Waals surface area contributed by atoms with Crippen LogP contribution in [-0.2, 0) is 9.53 Å². The van der Waals surface area contributed by atoms with Gasteiger partial charge in [0.1, 0.15) is 0 Å². The maximum atomic E-state index is 13.2. The summed E-state index contributed by atoms with van der Waals surface area (Å²) in [5.74, 6) is -0.477. The van der Waals surface area contributed by atoms with E-state index in [0.29, 0.717) is 61.1 Å². The lowest BCUT2D eigenvalue weighted by atomic mass is 9.94. The number of hydrogen-bond acceptors (Lipinski definition) is 5. The van der Waals surface area contributed by atoms with Gasteiger partial charge in [0.05, 0.1) is 18.2 Å². The zero-order valence-electron chi connectivity index (χ0n) is 20.3. The summed E-state index contributed by atoms with van der Waals surface area (Å²) in [7, 11) is 0. The minimum Gasteiger partial charge on any atom is -0.463 e. The molecule has 0 saturated carbocycles. The molecular weight excluding hydrogens is 458 g/mol. The molecule has 0 spiro atoms. The first-order chi connectivity index (χ1) is 16.3. The minimum absolute atomic E-state index is 0.0150. The standard InChI is InChI=1S/C24H34ClN5O4/c1-5-26-23(32)30-13-12-28(14-16(30)4)15-19-20(22(31)34-7-3)21(27-24(33)29(19)6-2)17-10-8-9-11-18(17)25/h8-11,16,21H,5-7,12-15H2,1-4H3,(H,26,32)(H,27,33)/t16-,21+/m1/s1. The highest BCUT2D eigenvalue weighted by Gasteiger charge is 2.39. The summed E-state index contributed by atoms with van der Waals surface area (Å²) < 4.78 is 5.42. The summed E-state index contributed by atoms with van der Waals surface area (Å²) >= 11 is 6.46. The Labute approximate surface area is 206 Å². The van der Waals surface area contributed by atoms with Gasteiger partial charge in [0, 0.05) is 56.0 Å². The second-order valence-electron chi connectivity index (χ2n) is 8.34. The Morgan fingerprint density at radius 2 is 1.94 bits per heavy atom. The number of nitrogens with zero attached hydrogens (tertiary/aromatic N) is 3. The molecule has 2 aliphatic rings. The number of piperazine rings is 1. The van der Waals surface area contributed by atoms with E-state index in [1.54, 1.807) is 30.0 Å². The molecule has 1 fully saturated rings. The lowest BCUT2D eigenvalue weighted by Gasteiger charge is -2.42. The van der Waals surface area contributed by atoms with Crippen LogP contribution in [0, 0.1) is 0 Å². The summed E-state index contributed by atoms with van der Waals surface area (Å²) in [4.78, 5) is 44.2. The Morgan fingerprint density at radius 3 is 2.56 bits per heavy atom. The van der Waals surface area contributed by atoms with Crippen molar-refractivity contribution in [2.24, 2.45) is 0 Å². The number of likely N-dealkylation sites (N-methyl/N-ethyl adjacent to an activating group) is 1. The number of carbonyl (C=O) groups excluding carboxylic acids is 3. The Balaban J connectivity index is 1.98. The van der Waals surface area contributed by atoms with Gasteiger partial charge >= 0.3 is 18.0 Å². The van der Waals surface area contributed by atoms with Crippen LogP contribution in [0.4, 0.5) is 9.59 Å². The van der Waals surface area contributed by atoms with Crippen molar-refractivity contribution < 1.29 is 19.1 Å². The van der Waals surface area contributed by atoms with Crippen LogP contribution in [0.3, 0.4) is 0 Å². The third-order valence-corrected chi connectivity index (χ3v) is 6.48. The van der Waals surface area contributed by atoms with Crippen LogP contribution >= 0.6 is 11.6 Å². The summed E-state index contributed by atoms with van der Waals surface area (Å²) in [5.41, 5.74) is 1.63. The van der Waals surface area contributed by atoms with E-state index in [4.69, 9.17) is 16.3 Å². The van der Waals surface area contributed by atoms with Gasteiger partial charge in [0.15, 0.2) is 0 Å². The van der Waals surface area contributed by atoms with Gasteiger partial charge in [-0.05, 0) is 39.3 Å². The largest absolute Gasteiger partial charge is 0.463 e. The van der Waals surface area contributed by atoms with Crippen molar-refractivity contribution in [1.82, 2.24) is 25.3 Å². The highest BCUT2D eigenvalue weighted by molar-refractivity contribution is 6.31. The predicted octanol–water partition coefficient (Wildman–Crippen LogP) is 2.98. The van der Waals surface area contributed by atoms with Crippen molar-refractivity contribution in [3.05, 3.63) is 46.1 Å². The lowest BCUT2D eigenvalue weighted by molar-refractivity contribution is -0.139. The second-order valence-corrected chi connectivity index (χ2v) is 8.75. The molecule has 1 aromatic rings. The molecule has 0 aromatic heterocycles. The first-order valence-corrected chi connectivity index (χ1v) is 12.2. The molecule has 186 valence electrons. The van der Waals surface area contributed by atoms with Crippen molar-refractivity contribution in [1.29, 1.82) is 0 Å². The number of rotatable bonds is 7. The van der Waals surface area contributed by atoms with Crippen LogP contribution in [-0.4, -0.2) is 84.6 Å². The van der Waals surface area contributed by atoms with E-state index in [2.05, 4.69) is 15.5 Å². The fraction of sp³-hybridized carbons (Fsp3) is 0.542. The Morgan fingerprint density at radius 1 is 1.21 bits per heavy atom. The molecule has 0 unspecified atom stereocenters. The molecule has 4 amide bonds. The normalized spacial score (nSPS) is 21.4. The maximum absolute atomic E-state index is 13.2. The number of urea groups is 2. The van der Waals surface area contributed by atoms with Crippen LogP contribution in [0.25, 0.3) is 0 Å². The predicted molar refractivity (Wildman–Crippen MR) is 130 cm³/mol. The number of benzene rings is 1. The van der Waals surface area contributed by atoms with Gasteiger partial charge in [-0.3, -0.25) is 9.80 Å². The van der Waals surface area contributed by atoms with E-state index in [0.717, 1.165) is 0 Å². The van der Waals surface area contributed by atoms with Crippen LogP contribution in [0.1, 0.15) is 39.3 Å². The lowest BCUT2D eigenvalue weighted by Crippen LogP contribution is -2.58. The quantitative estimate of drug-likeness (QED) is 0.572. The van der Waals surface area contributed by atoms with Crippen LogP contribution < -0.4 is 10.6 Å². The van der Waals surface area contributed by atoms with Gasteiger partial charge in [-0.25, -0.2) is 14.4 Å². The summed E-state index contributed by atoms with van der Waals surface area (Å²) in [6.45, 7) is 10.9. The molecule has 0 radical (unpaired) electrons. The van der Waals surface area contributed by atoms with Gasteiger partial charge in [-0.15, -0.1) is 0 Å². The van der Waals surface area contributed by atoms with Gasteiger partial charge < -0.3 is 20.3 Å². The van der Waals surface area contributed by atoms with Crippen LogP contribution in [0.5, 0.6) is 0 Å². The molecule has 2 N–H and O–H groups in total. The highest BCUT2D eigenvalue weighted by Crippen LogP contribution is 2.35. The fourth-order valence-electron chi connectivity index (χ4n) is 4.54. The van der Waals surface area contributed by atoms with E-state index >= 15 is 0 Å². The van der Waals surface area contributed by atoms with E-state index < -0.39 is 12.0 Å². The van der Waals surface area contributed by atoms with E-state index in [-0.39, 0.29) is 24.7 Å². The molecule has 3 rings (SSSR count). The summed E-state index contributed by atoms with van der Waals surface area (Å²) in [6, 6.07) is 6.07. The monoisotopic (exact) mass is 491 g/mol. The topological polar surface area (TPSA) is 94.2 Å². The summed E-state index contributed by atoms with van der Waals surface area (Å²) in [6.07, 6.45) is 0. The van der Waals surface area contributed by atoms with Crippen molar-refractivity contribution >= 4 is 29.6 Å². The van der Waals surface area contributed by atoms with Crippen LogP contribution in [0.2, 0.25) is 5.02 Å². The van der Waals surface area contributed by atoms with Gasteiger partial charge in [0.25, 0.3) is 0 Å². The average Bonchev–Trinajstić information content (AvgIpc) is 2.79. The number of hydrogen-bond donors (Lipinski definition) is 2. The van der Waals surface area contributed by atoms with Crippen LogP contribution in [0.15, 0.2) is 35.5 Å². The third kappa shape index (κ3) is 5.47. The molecule has 10 heteroatoms. The first kappa shape index (κ1) is 25.8. The molecule has 2 aliphatic heterocycles. The summed E-state index contributed by atoms with van der Waals surface area (Å²) in [5, 5.41) is 6.25. The van der Waals surface area contributed by atoms with Crippen molar-refractivity contribution in [3.8, 4) is 0 Å². The molecule has 1 aromatic carbocycles. The second kappa shape index (κ2) is 11.6. The minimum atomic E-state index is -0.716. The number of esters is 1. The molecule has 2 heterocycles. The van der Waals surface area contributed by atoms with Crippen molar-refractivity contribution in [2.75, 3.05) is 45.9 Å². The molecule has 2 atom stereocenters. The van der Waals surface area contributed by atoms with Gasteiger partial charge in [-0.1, -0.05) is 29.8 Å². The first-order valence-electron chi connectivity index (χ1n) is 11.8. The fourth-order valence-corrected chi connectivity index (χ4v) is 4.79. The smallest absolute Gasteiger partial charge is 0.338 e. The average molecular weight is 492 g/mol. The molecule has 0 aliphatic carbocycles. The number of amides is 4. The van der Waals surface area contributed by atoms with Gasteiger partial charge in [0.2, 0.25) is 0 Å². The Kier molecular flexibility index (Phi) is 8.79. The highest BCUT2D eigenvalue weighted by atomic mass is 35.5. The Bertz CT molecular complexity index is 953. The SMILES string of the molecule is CCNC(=O)N1CCN(CC2=C(C(=O)OCC)[C@H](c3ccccc3Cl)NC(=O)N2CC)C[C@H]1C. The zero-order chi connectivity index (χ0) is 24.8. The van der Waals surface area contributed by atoms with E-state index in [9.17, 15) is 14.4 Å². The number of nitrogens with one attached hydrogen (secondary N) is 2. The molecular formula is C24H34ClN5O4. The van der Waals surface area contributed by atoms with E-state index in [1.165, 1.54) is 0 Å². The van der Waals surface area contributed by atoms with Gasteiger partial charge in [-0.2, -0.15) is 0 Å². The molecule has 34 heavy (non-hydrogen) atoms. The van der Waals surface area contributed by atoms with E-state index in [1.807, 2.05) is 31.7 Å². The van der Waals surface area contributed by atoms with Crippen molar-refractivity contribution in [3.63, 3.8) is 0 Å². The third-order valence-electron chi connectivity index (χ3n) is 6.14. The van der Waals surface area contributed by atoms with Crippen molar-refractivity contribution in [2.45, 2.75) is 39.8 Å².